The Bertz CT molecular complexity index is 710. The first-order chi connectivity index (χ1) is 8.78. The van der Waals surface area contributed by atoms with Crippen LogP contribution in [0.2, 0.25) is 0 Å². The molecule has 0 aromatic carbocycles. The minimum atomic E-state index is 0.475. The largest absolute Gasteiger partial charge is 0.374 e. The van der Waals surface area contributed by atoms with Gasteiger partial charge in [-0.2, -0.15) is 0 Å². The van der Waals surface area contributed by atoms with E-state index >= 15 is 0 Å². The maximum absolute atomic E-state index is 5.34. The van der Waals surface area contributed by atoms with Crippen molar-refractivity contribution in [1.29, 1.82) is 0 Å². The Labute approximate surface area is 112 Å². The first-order valence-electron chi connectivity index (χ1n) is 5.64. The van der Waals surface area contributed by atoms with Crippen LogP contribution in [0.5, 0.6) is 0 Å². The zero-order chi connectivity index (χ0) is 12.5. The smallest absolute Gasteiger partial charge is 0.133 e. The van der Waals surface area contributed by atoms with Gasteiger partial charge >= 0.3 is 0 Å². The Hall–Kier alpha value is -1.53. The second-order valence-electron chi connectivity index (χ2n) is 3.86. The van der Waals surface area contributed by atoms with E-state index in [0.717, 1.165) is 32.4 Å². The molecule has 5 nitrogen and oxygen atoms in total. The molecule has 0 bridgehead atoms. The molecule has 3 aromatic heterocycles. The fraction of sp³-hybridized carbons (Fsp3) is 0.250. The van der Waals surface area contributed by atoms with Crippen molar-refractivity contribution in [2.45, 2.75) is 13.5 Å². The van der Waals surface area contributed by atoms with Crippen LogP contribution in [0.15, 0.2) is 22.9 Å². The lowest BCUT2D eigenvalue weighted by atomic mass is 10.3. The van der Waals surface area contributed by atoms with E-state index in [2.05, 4.69) is 35.9 Å². The molecule has 92 valence electrons. The summed E-state index contributed by atoms with van der Waals surface area (Å²) >= 11 is 3.39. The summed E-state index contributed by atoms with van der Waals surface area (Å²) in [4.78, 5) is 16.4. The van der Waals surface area contributed by atoms with Crippen LogP contribution in [-0.4, -0.2) is 26.5 Å². The van der Waals surface area contributed by atoms with Crippen LogP contribution < -0.4 is 0 Å². The van der Waals surface area contributed by atoms with Crippen LogP contribution in [0, 0.1) is 0 Å². The van der Waals surface area contributed by atoms with Crippen molar-refractivity contribution in [3.63, 3.8) is 0 Å². The summed E-state index contributed by atoms with van der Waals surface area (Å²) in [6.07, 6.45) is 3.52. The third kappa shape index (κ3) is 1.97. The van der Waals surface area contributed by atoms with Gasteiger partial charge in [-0.25, -0.2) is 4.98 Å². The number of nitrogens with zero attached hydrogens (tertiary/aromatic N) is 3. The van der Waals surface area contributed by atoms with Gasteiger partial charge in [-0.3, -0.25) is 9.97 Å². The van der Waals surface area contributed by atoms with Crippen LogP contribution in [0.3, 0.4) is 0 Å². The van der Waals surface area contributed by atoms with Crippen LogP contribution in [0.1, 0.15) is 12.7 Å². The summed E-state index contributed by atoms with van der Waals surface area (Å²) in [6, 6.07) is 1.93. The van der Waals surface area contributed by atoms with Crippen LogP contribution >= 0.6 is 15.9 Å². The number of rotatable bonds is 3. The Morgan fingerprint density at radius 3 is 3.00 bits per heavy atom. The number of pyridine rings is 2. The predicted molar refractivity (Wildman–Crippen MR) is 72.2 cm³/mol. The van der Waals surface area contributed by atoms with Gasteiger partial charge in [0.1, 0.15) is 23.5 Å². The maximum atomic E-state index is 5.34. The maximum Gasteiger partial charge on any atom is 0.133 e. The number of hydrogen-bond acceptors (Lipinski definition) is 4. The second-order valence-corrected chi connectivity index (χ2v) is 4.78. The molecule has 0 saturated carbocycles. The van der Waals surface area contributed by atoms with Crippen LogP contribution in [0.4, 0.5) is 0 Å². The number of H-pyrrole nitrogens is 1. The number of ether oxygens (including phenoxy) is 1. The van der Waals surface area contributed by atoms with Gasteiger partial charge in [-0.15, -0.1) is 0 Å². The summed E-state index contributed by atoms with van der Waals surface area (Å²) in [7, 11) is 0. The van der Waals surface area contributed by atoms with E-state index in [1.54, 1.807) is 12.4 Å². The van der Waals surface area contributed by atoms with E-state index in [4.69, 9.17) is 4.74 Å². The molecule has 0 fully saturated rings. The molecule has 0 radical (unpaired) electrons. The number of nitrogens with one attached hydrogen (secondary N) is 1. The number of aromatic amines is 1. The summed E-state index contributed by atoms with van der Waals surface area (Å²) in [6.45, 7) is 3.10. The lowest BCUT2D eigenvalue weighted by Crippen LogP contribution is -1.93. The van der Waals surface area contributed by atoms with E-state index in [-0.39, 0.29) is 0 Å². The van der Waals surface area contributed by atoms with E-state index in [1.807, 2.05) is 13.0 Å². The van der Waals surface area contributed by atoms with Crippen molar-refractivity contribution in [2.24, 2.45) is 0 Å². The predicted octanol–water partition coefficient (Wildman–Crippen LogP) is 2.81. The summed E-state index contributed by atoms with van der Waals surface area (Å²) in [5, 5.41) is 0. The Balaban J connectivity index is 2.17. The quantitative estimate of drug-likeness (QED) is 0.808. The van der Waals surface area contributed by atoms with Gasteiger partial charge < -0.3 is 9.72 Å². The Morgan fingerprint density at radius 1 is 1.28 bits per heavy atom. The topological polar surface area (TPSA) is 63.7 Å². The normalized spacial score (nSPS) is 11.4. The first-order valence-corrected chi connectivity index (χ1v) is 6.44. The first kappa shape index (κ1) is 11.6. The van der Waals surface area contributed by atoms with Gasteiger partial charge in [0.2, 0.25) is 0 Å². The van der Waals surface area contributed by atoms with Gasteiger partial charge in [0, 0.05) is 17.3 Å². The number of halogens is 1. The van der Waals surface area contributed by atoms with Crippen molar-refractivity contribution in [3.8, 4) is 0 Å². The molecule has 0 atom stereocenters. The number of fused-ring (bicyclic) bond motifs is 3. The van der Waals surface area contributed by atoms with Crippen molar-refractivity contribution >= 4 is 38.0 Å². The van der Waals surface area contributed by atoms with Gasteiger partial charge in [0.05, 0.1) is 17.2 Å². The summed E-state index contributed by atoms with van der Waals surface area (Å²) in [5.74, 6) is 0.797. The molecule has 0 amide bonds. The van der Waals surface area contributed by atoms with E-state index in [0.29, 0.717) is 13.2 Å². The van der Waals surface area contributed by atoms with Gasteiger partial charge in [-0.05, 0) is 28.9 Å². The minimum Gasteiger partial charge on any atom is -0.374 e. The van der Waals surface area contributed by atoms with Crippen molar-refractivity contribution < 1.29 is 4.74 Å². The monoisotopic (exact) mass is 306 g/mol. The number of imidazole rings is 1. The molecule has 1 N–H and O–H groups in total. The van der Waals surface area contributed by atoms with Gasteiger partial charge in [0.25, 0.3) is 0 Å². The molecule has 0 aliphatic carbocycles. The average Bonchev–Trinajstić information content (AvgIpc) is 2.79. The fourth-order valence-electron chi connectivity index (χ4n) is 1.82. The summed E-state index contributed by atoms with van der Waals surface area (Å²) < 4.78 is 6.25. The molecule has 3 heterocycles. The van der Waals surface area contributed by atoms with Crippen LogP contribution in [-0.2, 0) is 11.3 Å². The van der Waals surface area contributed by atoms with Crippen molar-refractivity contribution in [2.75, 3.05) is 6.61 Å². The van der Waals surface area contributed by atoms with Crippen LogP contribution in [0.25, 0.3) is 22.1 Å². The molecule has 0 spiro atoms. The third-order valence-electron chi connectivity index (χ3n) is 2.61. The van der Waals surface area contributed by atoms with Crippen molar-refractivity contribution in [1.82, 2.24) is 19.9 Å². The van der Waals surface area contributed by atoms with E-state index in [1.165, 1.54) is 0 Å². The highest BCUT2D eigenvalue weighted by Crippen LogP contribution is 2.22. The average molecular weight is 307 g/mol. The lowest BCUT2D eigenvalue weighted by Gasteiger charge is -1.97. The van der Waals surface area contributed by atoms with E-state index in [9.17, 15) is 0 Å². The standard InChI is InChI=1S/C12H11BrN4O/c1-2-18-6-10-16-9-5-14-8-3-7(13)4-15-11(8)12(9)17-10/h3-5H,2,6H2,1H3,(H,16,17). The fourth-order valence-corrected chi connectivity index (χ4v) is 2.14. The zero-order valence-corrected chi connectivity index (χ0v) is 11.4. The van der Waals surface area contributed by atoms with Gasteiger partial charge in [-0.1, -0.05) is 0 Å². The molecular weight excluding hydrogens is 296 g/mol. The molecule has 0 aliphatic rings. The molecule has 0 unspecified atom stereocenters. The minimum absolute atomic E-state index is 0.475. The molecule has 3 rings (SSSR count). The highest BCUT2D eigenvalue weighted by Gasteiger charge is 2.09. The highest BCUT2D eigenvalue weighted by molar-refractivity contribution is 9.10. The zero-order valence-electron chi connectivity index (χ0n) is 9.77. The lowest BCUT2D eigenvalue weighted by molar-refractivity contribution is 0.129. The third-order valence-corrected chi connectivity index (χ3v) is 3.05. The Morgan fingerprint density at radius 2 is 2.17 bits per heavy atom. The second kappa shape index (κ2) is 4.62. The van der Waals surface area contributed by atoms with Gasteiger partial charge in [0.15, 0.2) is 0 Å². The molecule has 3 aromatic rings. The molecule has 0 aliphatic heterocycles. The number of aromatic nitrogens is 4. The highest BCUT2D eigenvalue weighted by atomic mass is 79.9. The number of hydrogen-bond donors (Lipinski definition) is 1. The Kier molecular flexibility index (Phi) is 2.97. The molecular formula is C12H11BrN4O. The summed E-state index contributed by atoms with van der Waals surface area (Å²) in [5.41, 5.74) is 3.34. The van der Waals surface area contributed by atoms with Crippen molar-refractivity contribution in [3.05, 3.63) is 28.8 Å². The molecule has 6 heteroatoms. The molecule has 0 saturated heterocycles. The SMILES string of the molecule is CCOCc1nc2c(cnc3cc(Br)cnc32)[nH]1. The molecule has 18 heavy (non-hydrogen) atoms. The van der Waals surface area contributed by atoms with E-state index < -0.39 is 0 Å².